The molecule has 1 N–H and O–H groups in total. The van der Waals surface area contributed by atoms with Crippen LogP contribution < -0.4 is 0 Å². The molecule has 0 aliphatic carbocycles. The van der Waals surface area contributed by atoms with Crippen molar-refractivity contribution in [3.63, 3.8) is 0 Å². The van der Waals surface area contributed by atoms with Crippen LogP contribution in [-0.2, 0) is 0 Å². The van der Waals surface area contributed by atoms with Gasteiger partial charge in [-0.25, -0.2) is 9.37 Å². The maximum absolute atomic E-state index is 12.6. The van der Waals surface area contributed by atoms with Crippen molar-refractivity contribution in [2.45, 2.75) is 0 Å². The van der Waals surface area contributed by atoms with Crippen LogP contribution in [0.4, 0.5) is 4.39 Å². The molecule has 14 heavy (non-hydrogen) atoms. The minimum atomic E-state index is -0.245. The first-order chi connectivity index (χ1) is 6.75. The van der Waals surface area contributed by atoms with Crippen molar-refractivity contribution in [3.8, 4) is 11.1 Å². The summed E-state index contributed by atoms with van der Waals surface area (Å²) in [4.78, 5) is 6.77. The highest BCUT2D eigenvalue weighted by molar-refractivity contribution is 7.71. The highest BCUT2D eigenvalue weighted by atomic mass is 32.1. The average molecular weight is 206 g/mol. The van der Waals surface area contributed by atoms with Gasteiger partial charge in [-0.3, -0.25) is 0 Å². The second-order valence-corrected chi connectivity index (χ2v) is 3.20. The summed E-state index contributed by atoms with van der Waals surface area (Å²) in [7, 11) is 0. The lowest BCUT2D eigenvalue weighted by atomic mass is 10.1. The normalized spacial score (nSPS) is 10.1. The zero-order valence-corrected chi connectivity index (χ0v) is 8.01. The molecule has 0 radical (unpaired) electrons. The lowest BCUT2D eigenvalue weighted by molar-refractivity contribution is 0.628. The summed E-state index contributed by atoms with van der Waals surface area (Å²) >= 11 is 4.82. The molecule has 0 unspecified atom stereocenters. The highest BCUT2D eigenvalue weighted by Crippen LogP contribution is 2.16. The minimum absolute atomic E-state index is 0.245. The molecule has 2 nitrogen and oxygen atoms in total. The van der Waals surface area contributed by atoms with Gasteiger partial charge < -0.3 is 4.98 Å². The van der Waals surface area contributed by atoms with Gasteiger partial charge in [-0.05, 0) is 29.9 Å². The van der Waals surface area contributed by atoms with E-state index in [0.717, 1.165) is 11.1 Å². The predicted octanol–water partition coefficient (Wildman–Crippen LogP) is 2.95. The SMILES string of the molecule is Fc1ccc(-c2cnc(=S)[nH]c2)cc1. The molecule has 1 heterocycles. The topological polar surface area (TPSA) is 28.7 Å². The Morgan fingerprint density at radius 2 is 1.86 bits per heavy atom. The zero-order valence-electron chi connectivity index (χ0n) is 7.20. The van der Waals surface area contributed by atoms with Crippen LogP contribution >= 0.6 is 12.2 Å². The molecule has 2 aromatic rings. The molecule has 1 aromatic heterocycles. The smallest absolute Gasteiger partial charge is 0.196 e. The van der Waals surface area contributed by atoms with E-state index in [2.05, 4.69) is 9.97 Å². The molecule has 70 valence electrons. The van der Waals surface area contributed by atoms with Gasteiger partial charge in [-0.15, -0.1) is 0 Å². The van der Waals surface area contributed by atoms with Crippen LogP contribution in [0.2, 0.25) is 0 Å². The maximum atomic E-state index is 12.6. The van der Waals surface area contributed by atoms with Gasteiger partial charge in [0, 0.05) is 18.0 Å². The van der Waals surface area contributed by atoms with Crippen LogP contribution in [0.15, 0.2) is 36.7 Å². The first kappa shape index (κ1) is 9.02. The summed E-state index contributed by atoms with van der Waals surface area (Å²) in [6.07, 6.45) is 3.41. The van der Waals surface area contributed by atoms with Gasteiger partial charge in [-0.2, -0.15) is 0 Å². The fraction of sp³-hybridized carbons (Fsp3) is 0. The number of rotatable bonds is 1. The van der Waals surface area contributed by atoms with E-state index >= 15 is 0 Å². The van der Waals surface area contributed by atoms with E-state index in [1.54, 1.807) is 24.5 Å². The summed E-state index contributed by atoms with van der Waals surface area (Å²) in [6.45, 7) is 0. The lowest BCUT2D eigenvalue weighted by Gasteiger charge is -1.99. The fourth-order valence-electron chi connectivity index (χ4n) is 1.14. The third-order valence-electron chi connectivity index (χ3n) is 1.85. The Hall–Kier alpha value is -1.55. The largest absolute Gasteiger partial charge is 0.337 e. The summed E-state index contributed by atoms with van der Waals surface area (Å²) in [5.41, 5.74) is 1.80. The van der Waals surface area contributed by atoms with Crippen molar-refractivity contribution in [3.05, 3.63) is 47.2 Å². The Morgan fingerprint density at radius 3 is 2.43 bits per heavy atom. The Balaban J connectivity index is 2.44. The van der Waals surface area contributed by atoms with E-state index < -0.39 is 0 Å². The van der Waals surface area contributed by atoms with Gasteiger partial charge in [0.1, 0.15) is 5.82 Å². The molecular formula is C10H7FN2S. The molecule has 1 aromatic carbocycles. The summed E-state index contributed by atoms with van der Waals surface area (Å²) in [5, 5.41) is 0. The van der Waals surface area contributed by atoms with Crippen LogP contribution in [-0.4, -0.2) is 9.97 Å². The third kappa shape index (κ3) is 1.85. The van der Waals surface area contributed by atoms with Crippen molar-refractivity contribution < 1.29 is 4.39 Å². The number of benzene rings is 1. The van der Waals surface area contributed by atoms with Gasteiger partial charge >= 0.3 is 0 Å². The van der Waals surface area contributed by atoms with Gasteiger partial charge in [0.2, 0.25) is 0 Å². The van der Waals surface area contributed by atoms with Crippen LogP contribution in [0.5, 0.6) is 0 Å². The van der Waals surface area contributed by atoms with E-state index in [1.165, 1.54) is 12.1 Å². The Kier molecular flexibility index (Phi) is 2.37. The molecule has 0 amide bonds. The van der Waals surface area contributed by atoms with Crippen molar-refractivity contribution in [1.29, 1.82) is 0 Å². The predicted molar refractivity (Wildman–Crippen MR) is 54.8 cm³/mol. The standard InChI is InChI=1S/C10H7FN2S/c11-9-3-1-7(2-4-9)8-5-12-10(14)13-6-8/h1-6H,(H,12,13,14). The molecule has 0 saturated heterocycles. The van der Waals surface area contributed by atoms with Gasteiger partial charge in [0.05, 0.1) is 0 Å². The van der Waals surface area contributed by atoms with E-state index in [9.17, 15) is 4.39 Å². The Labute approximate surface area is 85.5 Å². The van der Waals surface area contributed by atoms with E-state index in [-0.39, 0.29) is 5.82 Å². The number of hydrogen-bond acceptors (Lipinski definition) is 2. The number of hydrogen-bond donors (Lipinski definition) is 1. The molecule has 4 heteroatoms. The highest BCUT2D eigenvalue weighted by Gasteiger charge is 1.97. The van der Waals surface area contributed by atoms with E-state index in [4.69, 9.17) is 12.2 Å². The Bertz CT molecular complexity index is 470. The van der Waals surface area contributed by atoms with Crippen LogP contribution in [0.3, 0.4) is 0 Å². The quantitative estimate of drug-likeness (QED) is 0.727. The van der Waals surface area contributed by atoms with Gasteiger partial charge in [-0.1, -0.05) is 12.1 Å². The minimum Gasteiger partial charge on any atom is -0.337 e. The fourth-order valence-corrected chi connectivity index (χ4v) is 1.25. The van der Waals surface area contributed by atoms with Crippen molar-refractivity contribution >= 4 is 12.2 Å². The lowest BCUT2D eigenvalue weighted by Crippen LogP contribution is -1.84. The summed E-state index contributed by atoms with van der Waals surface area (Å²) < 4.78 is 13.1. The third-order valence-corrected chi connectivity index (χ3v) is 2.07. The molecule has 2 rings (SSSR count). The molecular weight excluding hydrogens is 199 g/mol. The second kappa shape index (κ2) is 3.67. The van der Waals surface area contributed by atoms with Gasteiger partial charge in [0.15, 0.2) is 4.77 Å². The zero-order chi connectivity index (χ0) is 9.97. The number of nitrogens with one attached hydrogen (secondary N) is 1. The molecule has 0 saturated carbocycles. The number of halogens is 1. The summed E-state index contributed by atoms with van der Waals surface area (Å²) in [6, 6.07) is 6.22. The molecule has 0 spiro atoms. The van der Waals surface area contributed by atoms with Crippen molar-refractivity contribution in [1.82, 2.24) is 9.97 Å². The molecule has 0 aliphatic heterocycles. The van der Waals surface area contributed by atoms with E-state index in [0.29, 0.717) is 4.77 Å². The number of H-pyrrole nitrogens is 1. The molecule has 0 fully saturated rings. The second-order valence-electron chi connectivity index (χ2n) is 2.81. The van der Waals surface area contributed by atoms with Crippen LogP contribution in [0, 0.1) is 10.6 Å². The first-order valence-electron chi connectivity index (χ1n) is 4.06. The molecule has 0 atom stereocenters. The average Bonchev–Trinajstić information content (AvgIpc) is 2.21. The number of aromatic nitrogens is 2. The Morgan fingerprint density at radius 1 is 1.14 bits per heavy atom. The first-order valence-corrected chi connectivity index (χ1v) is 4.47. The number of nitrogens with zero attached hydrogens (tertiary/aromatic N) is 1. The van der Waals surface area contributed by atoms with E-state index in [1.807, 2.05) is 0 Å². The monoisotopic (exact) mass is 206 g/mol. The summed E-state index contributed by atoms with van der Waals surface area (Å²) in [5.74, 6) is -0.245. The van der Waals surface area contributed by atoms with Crippen LogP contribution in [0.1, 0.15) is 0 Å². The van der Waals surface area contributed by atoms with Crippen molar-refractivity contribution in [2.75, 3.05) is 0 Å². The molecule has 0 aliphatic rings. The van der Waals surface area contributed by atoms with Crippen LogP contribution in [0.25, 0.3) is 11.1 Å². The maximum Gasteiger partial charge on any atom is 0.196 e. The molecule has 0 bridgehead atoms. The van der Waals surface area contributed by atoms with Crippen molar-refractivity contribution in [2.24, 2.45) is 0 Å². The van der Waals surface area contributed by atoms with Gasteiger partial charge in [0.25, 0.3) is 0 Å². The number of aromatic amines is 1.